The molecule has 0 spiro atoms. The van der Waals surface area contributed by atoms with Gasteiger partial charge in [0, 0.05) is 80.2 Å². The molecule has 4 aliphatic heterocycles. The minimum atomic E-state index is -0.747. The smallest absolute Gasteiger partial charge is 0.319 e. The number of nitrogens with one attached hydrogen (secondary N) is 1. The Bertz CT molecular complexity index is 2210. The molecule has 3 aromatic carbocycles. The number of aromatic hydroxyl groups is 1. The van der Waals surface area contributed by atoms with Crippen LogP contribution in [0.1, 0.15) is 55.6 Å². The van der Waals surface area contributed by atoms with Crippen molar-refractivity contribution in [2.75, 3.05) is 49.6 Å². The monoisotopic (exact) mass is 740 g/mol. The van der Waals surface area contributed by atoms with Gasteiger partial charge in [-0.15, -0.1) is 10.2 Å². The molecule has 284 valence electrons. The van der Waals surface area contributed by atoms with Gasteiger partial charge < -0.3 is 39.7 Å². The van der Waals surface area contributed by atoms with Crippen molar-refractivity contribution in [3.8, 4) is 22.7 Å². The van der Waals surface area contributed by atoms with Gasteiger partial charge in [0.1, 0.15) is 23.5 Å². The van der Waals surface area contributed by atoms with Gasteiger partial charge in [0.05, 0.1) is 11.2 Å². The highest BCUT2D eigenvalue weighted by atomic mass is 16.3. The number of fused-ring (bicyclic) bond motifs is 2. The van der Waals surface area contributed by atoms with Crippen molar-refractivity contribution in [2.45, 2.75) is 69.2 Å². The van der Waals surface area contributed by atoms with Crippen molar-refractivity contribution in [1.82, 2.24) is 29.9 Å². The Morgan fingerprint density at radius 3 is 2.36 bits per heavy atom. The topological polar surface area (TPSA) is 130 Å². The highest BCUT2D eigenvalue weighted by Gasteiger charge is 2.37. The maximum Gasteiger partial charge on any atom is 0.319 e. The number of amides is 3. The number of nitrogens with zero attached hydrogens (tertiary/aromatic N) is 7. The molecule has 5 aromatic rings. The number of phenols is 1. The van der Waals surface area contributed by atoms with Crippen molar-refractivity contribution in [3.05, 3.63) is 96.2 Å². The van der Waals surface area contributed by atoms with Crippen molar-refractivity contribution in [2.24, 2.45) is 0 Å². The molecule has 0 aliphatic carbocycles. The number of aliphatic hydroxyl groups is 1. The van der Waals surface area contributed by atoms with Gasteiger partial charge >= 0.3 is 6.03 Å². The van der Waals surface area contributed by atoms with Gasteiger partial charge in [0.25, 0.3) is 0 Å². The van der Waals surface area contributed by atoms with E-state index >= 15 is 0 Å². The first kappa shape index (κ1) is 35.1. The number of para-hydroxylation sites is 1. The zero-order valence-electron chi connectivity index (χ0n) is 31.2. The molecular weight excluding hydrogens is 693 g/mol. The van der Waals surface area contributed by atoms with E-state index in [0.717, 1.165) is 87.2 Å². The van der Waals surface area contributed by atoms with Gasteiger partial charge in [-0.05, 0) is 105 Å². The first-order chi connectivity index (χ1) is 26.8. The number of piperidine rings is 3. The predicted octanol–water partition coefficient (Wildman–Crippen LogP) is 5.65. The van der Waals surface area contributed by atoms with E-state index in [-0.39, 0.29) is 29.8 Å². The molecule has 3 amide bonds. The van der Waals surface area contributed by atoms with Crippen LogP contribution in [0.5, 0.6) is 5.75 Å². The third-order valence-corrected chi connectivity index (χ3v) is 12.4. The zero-order valence-corrected chi connectivity index (χ0v) is 31.2. The van der Waals surface area contributed by atoms with E-state index < -0.39 is 6.23 Å². The minimum Gasteiger partial charge on any atom is -0.507 e. The second-order valence-corrected chi connectivity index (χ2v) is 15.5. The predicted molar refractivity (Wildman–Crippen MR) is 213 cm³/mol. The molecule has 4 aliphatic rings. The molecular formula is C43H48N8O4. The van der Waals surface area contributed by atoms with Crippen LogP contribution in [-0.2, 0) is 11.2 Å². The van der Waals surface area contributed by atoms with E-state index in [4.69, 9.17) is 0 Å². The normalized spacial score (nSPS) is 20.8. The third-order valence-electron chi connectivity index (χ3n) is 12.4. The van der Waals surface area contributed by atoms with Crippen LogP contribution < -0.4 is 15.1 Å². The summed E-state index contributed by atoms with van der Waals surface area (Å²) in [5, 5.41) is 31.7. The van der Waals surface area contributed by atoms with Crippen molar-refractivity contribution >= 4 is 34.3 Å². The number of carbonyl (C=O) groups excluding carboxylic acids is 2. The Kier molecular flexibility index (Phi) is 9.29. The molecule has 3 saturated heterocycles. The molecule has 3 N–H and O–H groups in total. The molecule has 12 heteroatoms. The Balaban J connectivity index is 0.790. The third kappa shape index (κ3) is 6.62. The lowest BCUT2D eigenvalue weighted by atomic mass is 9.89. The largest absolute Gasteiger partial charge is 0.507 e. The molecule has 0 saturated carbocycles. The van der Waals surface area contributed by atoms with E-state index in [1.807, 2.05) is 47.3 Å². The van der Waals surface area contributed by atoms with Crippen LogP contribution in [0, 0.1) is 0 Å². The van der Waals surface area contributed by atoms with Crippen LogP contribution in [0.4, 0.5) is 16.2 Å². The number of rotatable bonds is 6. The summed E-state index contributed by atoms with van der Waals surface area (Å²) in [6.45, 7) is 4.07. The number of aliphatic hydroxyl groups excluding tert-OH is 1. The summed E-state index contributed by atoms with van der Waals surface area (Å²) in [4.78, 5) is 35.1. The minimum absolute atomic E-state index is 0.0930. The second kappa shape index (κ2) is 14.6. The summed E-state index contributed by atoms with van der Waals surface area (Å²) in [7, 11) is 1.97. The summed E-state index contributed by atoms with van der Waals surface area (Å²) in [6, 6.07) is 26.3. The second-order valence-electron chi connectivity index (χ2n) is 15.5. The Labute approximate surface area is 321 Å². The van der Waals surface area contributed by atoms with Crippen LogP contribution >= 0.6 is 0 Å². The number of likely N-dealkylation sites (tertiary alicyclic amines) is 1. The van der Waals surface area contributed by atoms with Crippen molar-refractivity contribution in [3.63, 3.8) is 0 Å². The van der Waals surface area contributed by atoms with Crippen LogP contribution in [0.25, 0.3) is 28.0 Å². The first-order valence-electron chi connectivity index (χ1n) is 19.7. The fourth-order valence-electron chi connectivity index (χ4n) is 9.30. The lowest BCUT2D eigenvalue weighted by Gasteiger charge is -2.41. The molecule has 2 atom stereocenters. The van der Waals surface area contributed by atoms with Crippen LogP contribution in [-0.4, -0.2) is 105 Å². The van der Waals surface area contributed by atoms with Crippen LogP contribution in [0.15, 0.2) is 85.1 Å². The van der Waals surface area contributed by atoms with E-state index in [1.165, 1.54) is 16.8 Å². The summed E-state index contributed by atoms with van der Waals surface area (Å²) in [5.74, 6) is 0.481. The maximum atomic E-state index is 13.8. The highest BCUT2D eigenvalue weighted by Crippen LogP contribution is 2.39. The molecule has 12 nitrogen and oxygen atoms in total. The van der Waals surface area contributed by atoms with Gasteiger partial charge in [-0.2, -0.15) is 0 Å². The molecule has 2 aromatic heterocycles. The maximum absolute atomic E-state index is 13.8. The fraction of sp³-hybridized carbons (Fsp3) is 0.395. The number of aromatic nitrogens is 3. The summed E-state index contributed by atoms with van der Waals surface area (Å²) in [5.41, 5.74) is 8.98. The number of hydrogen-bond acceptors (Lipinski definition) is 8. The first-order valence-corrected chi connectivity index (χ1v) is 19.7. The van der Waals surface area contributed by atoms with Crippen LogP contribution in [0.3, 0.4) is 0 Å². The lowest BCUT2D eigenvalue weighted by Crippen LogP contribution is -2.53. The molecule has 55 heavy (non-hydrogen) atoms. The quantitative estimate of drug-likeness (QED) is 0.204. The Morgan fingerprint density at radius 2 is 1.60 bits per heavy atom. The average molecular weight is 741 g/mol. The molecule has 2 unspecified atom stereocenters. The van der Waals surface area contributed by atoms with Crippen molar-refractivity contribution in [1.29, 1.82) is 0 Å². The van der Waals surface area contributed by atoms with Crippen molar-refractivity contribution < 1.29 is 19.8 Å². The Morgan fingerprint density at radius 1 is 0.836 bits per heavy atom. The fourth-order valence-corrected chi connectivity index (χ4v) is 9.30. The van der Waals surface area contributed by atoms with Gasteiger partial charge in [-0.3, -0.25) is 4.79 Å². The summed E-state index contributed by atoms with van der Waals surface area (Å²) in [6.07, 6.45) is 7.08. The molecule has 9 rings (SSSR count). The molecule has 0 radical (unpaired) electrons. The number of carbonyl (C=O) groups is 2. The molecule has 3 fully saturated rings. The average Bonchev–Trinajstić information content (AvgIpc) is 3.85. The van der Waals surface area contributed by atoms with E-state index in [1.54, 1.807) is 12.1 Å². The summed E-state index contributed by atoms with van der Waals surface area (Å²) >= 11 is 0. The highest BCUT2D eigenvalue weighted by molar-refractivity contribution is 5.88. The number of anilines is 2. The molecule has 0 bridgehead atoms. The number of urea groups is 1. The SMILES string of the molecule is CN(C(=O)N1CCC(c2ccc(-n3ccc4nnc(-c5ccccc5O)cc43)cc2)CC1)C1CCN(c2cccc3c2CCN3C2CCC(O)NC2=O)CC1. The number of phenolic OH excluding ortho intramolecular Hbond substituents is 1. The Hall–Kier alpha value is -5.62. The molecule has 6 heterocycles. The zero-order chi connectivity index (χ0) is 37.6. The number of hydrogen-bond donors (Lipinski definition) is 3. The van der Waals surface area contributed by atoms with E-state index in [0.29, 0.717) is 30.0 Å². The van der Waals surface area contributed by atoms with Crippen LogP contribution in [0.2, 0.25) is 0 Å². The number of benzene rings is 3. The van der Waals surface area contributed by atoms with Gasteiger partial charge in [0.2, 0.25) is 5.91 Å². The standard InChI is InChI=1S/C43H48N8O4/c1-47(30-17-23-48(24-18-30)36-6-4-7-37-33(36)19-25-51(37)38-13-14-41(53)44-42(38)54)43(55)49-21-15-29(16-22-49)28-9-11-31(12-10-28)50-26-20-34-39(50)27-35(46-45-34)32-5-2-3-8-40(32)52/h2-12,20,26-27,29-30,38,41,52-53H,13-19,21-25H2,1H3,(H,44,54). The van der Waals surface area contributed by atoms with Gasteiger partial charge in [-0.25, -0.2) is 4.79 Å². The van der Waals surface area contributed by atoms with E-state index in [9.17, 15) is 19.8 Å². The van der Waals surface area contributed by atoms with Gasteiger partial charge in [0.15, 0.2) is 0 Å². The summed E-state index contributed by atoms with van der Waals surface area (Å²) < 4.78 is 2.10. The lowest BCUT2D eigenvalue weighted by molar-refractivity contribution is -0.128. The van der Waals surface area contributed by atoms with E-state index in [2.05, 4.69) is 72.3 Å². The van der Waals surface area contributed by atoms with Gasteiger partial charge in [-0.1, -0.05) is 30.3 Å².